The molecule has 4 rings (SSSR count). The fourth-order valence-corrected chi connectivity index (χ4v) is 4.11. The van der Waals surface area contributed by atoms with E-state index in [1.54, 1.807) is 22.9 Å². The van der Waals surface area contributed by atoms with Crippen molar-refractivity contribution in [2.24, 2.45) is 5.92 Å². The van der Waals surface area contributed by atoms with E-state index < -0.39 is 6.04 Å². The van der Waals surface area contributed by atoms with Crippen molar-refractivity contribution in [2.75, 3.05) is 19.6 Å². The third-order valence-electron chi connectivity index (χ3n) is 5.25. The first kappa shape index (κ1) is 16.0. The highest BCUT2D eigenvalue weighted by Crippen LogP contribution is 2.38. The minimum atomic E-state index is -0.429. The number of nitrogens with zero attached hydrogens (tertiary/aromatic N) is 2. The lowest BCUT2D eigenvalue weighted by atomic mass is 9.79. The zero-order valence-electron chi connectivity index (χ0n) is 14.0. The van der Waals surface area contributed by atoms with Gasteiger partial charge in [0.15, 0.2) is 0 Å². The highest BCUT2D eigenvalue weighted by atomic mass is 16.2. The average Bonchev–Trinajstić information content (AvgIpc) is 2.64. The Kier molecular flexibility index (Phi) is 4.36. The molecule has 0 unspecified atom stereocenters. The van der Waals surface area contributed by atoms with E-state index in [9.17, 15) is 9.59 Å². The number of piperidine rings is 1. The van der Waals surface area contributed by atoms with Crippen LogP contribution in [0.25, 0.3) is 0 Å². The third-order valence-corrected chi connectivity index (χ3v) is 5.25. The zero-order chi connectivity index (χ0) is 17.2. The molecule has 2 aliphatic heterocycles. The van der Waals surface area contributed by atoms with E-state index in [1.165, 1.54) is 0 Å². The second-order valence-corrected chi connectivity index (χ2v) is 6.86. The Morgan fingerprint density at radius 3 is 3.04 bits per heavy atom. The van der Waals surface area contributed by atoms with Gasteiger partial charge in [-0.25, -0.2) is 0 Å². The Balaban J connectivity index is 1.53. The minimum absolute atomic E-state index is 0.0643. The van der Waals surface area contributed by atoms with Crippen molar-refractivity contribution in [2.45, 2.75) is 24.8 Å². The second-order valence-electron chi connectivity index (χ2n) is 6.86. The molecule has 25 heavy (non-hydrogen) atoms. The first-order valence-corrected chi connectivity index (χ1v) is 8.83. The molecular weight excluding hydrogens is 316 g/mol. The minimum Gasteiger partial charge on any atom is -0.354 e. The molecule has 130 valence electrons. The Labute approximate surface area is 146 Å². The Morgan fingerprint density at radius 2 is 2.20 bits per heavy atom. The molecule has 2 aromatic heterocycles. The van der Waals surface area contributed by atoms with Gasteiger partial charge in [-0.1, -0.05) is 12.1 Å². The molecule has 2 aromatic rings. The summed E-state index contributed by atoms with van der Waals surface area (Å²) in [6.45, 7) is 2.19. The number of carbonyl (C=O) groups excluding carboxylic acids is 1. The van der Waals surface area contributed by atoms with E-state index in [0.717, 1.165) is 37.2 Å². The number of nitrogens with one attached hydrogen (secondary N) is 2. The van der Waals surface area contributed by atoms with Crippen LogP contribution in [0.3, 0.4) is 0 Å². The van der Waals surface area contributed by atoms with Gasteiger partial charge in [-0.05, 0) is 30.5 Å². The van der Waals surface area contributed by atoms with Crippen molar-refractivity contribution in [3.63, 3.8) is 0 Å². The van der Waals surface area contributed by atoms with Gasteiger partial charge in [0, 0.05) is 55.6 Å². The quantitative estimate of drug-likeness (QED) is 0.867. The average molecular weight is 338 g/mol. The van der Waals surface area contributed by atoms with E-state index >= 15 is 0 Å². The molecule has 1 saturated heterocycles. The third kappa shape index (κ3) is 3.09. The van der Waals surface area contributed by atoms with Gasteiger partial charge in [0.2, 0.25) is 5.91 Å². The van der Waals surface area contributed by atoms with Crippen LogP contribution >= 0.6 is 0 Å². The normalized spacial score (nSPS) is 24.4. The zero-order valence-corrected chi connectivity index (χ0v) is 14.0. The monoisotopic (exact) mass is 338 g/mol. The molecule has 4 heterocycles. The molecule has 3 atom stereocenters. The van der Waals surface area contributed by atoms with E-state index in [2.05, 4.69) is 15.6 Å². The van der Waals surface area contributed by atoms with Gasteiger partial charge in [-0.3, -0.25) is 19.1 Å². The largest absolute Gasteiger partial charge is 0.354 e. The number of pyridine rings is 2. The molecule has 2 aliphatic rings. The summed E-state index contributed by atoms with van der Waals surface area (Å²) < 4.78 is 1.72. The van der Waals surface area contributed by atoms with Crippen LogP contribution in [0, 0.1) is 5.92 Å². The molecule has 0 spiro atoms. The van der Waals surface area contributed by atoms with Crippen molar-refractivity contribution >= 4 is 5.91 Å². The number of rotatable bonds is 4. The highest BCUT2D eigenvalue weighted by Gasteiger charge is 2.41. The molecule has 0 aliphatic carbocycles. The number of hydrogen-bond acceptors (Lipinski definition) is 4. The molecule has 0 aromatic carbocycles. The second kappa shape index (κ2) is 6.80. The van der Waals surface area contributed by atoms with Crippen molar-refractivity contribution in [3.05, 3.63) is 64.3 Å². The molecule has 0 saturated carbocycles. The van der Waals surface area contributed by atoms with Gasteiger partial charge in [0.05, 0.1) is 0 Å². The molecule has 1 fully saturated rings. The first-order valence-electron chi connectivity index (χ1n) is 8.83. The predicted molar refractivity (Wildman–Crippen MR) is 94.4 cm³/mol. The lowest BCUT2D eigenvalue weighted by molar-refractivity contribution is -0.126. The maximum atomic E-state index is 12.9. The van der Waals surface area contributed by atoms with Crippen LogP contribution in [0.15, 0.2) is 47.5 Å². The summed E-state index contributed by atoms with van der Waals surface area (Å²) in [5.41, 5.74) is 1.98. The molecule has 1 amide bonds. The number of carbonyl (C=O) groups is 1. The Hall–Kier alpha value is -2.47. The SMILES string of the molecule is O=C(NCCc1cccnc1)[C@H]1[C@@H]2CNC[C@@H](C2)c2cccc(=O)n21. The molecule has 0 radical (unpaired) electrons. The number of hydrogen-bond donors (Lipinski definition) is 2. The van der Waals surface area contributed by atoms with Gasteiger partial charge >= 0.3 is 0 Å². The summed E-state index contributed by atoms with van der Waals surface area (Å²) in [6.07, 6.45) is 5.23. The molecule has 6 nitrogen and oxygen atoms in total. The van der Waals surface area contributed by atoms with Crippen LogP contribution in [-0.4, -0.2) is 35.1 Å². The summed E-state index contributed by atoms with van der Waals surface area (Å²) in [5, 5.41) is 6.43. The predicted octanol–water partition coefficient (Wildman–Crippen LogP) is 0.850. The Morgan fingerprint density at radius 1 is 1.28 bits per heavy atom. The first-order chi connectivity index (χ1) is 12.2. The van der Waals surface area contributed by atoms with Crippen LogP contribution in [0.4, 0.5) is 0 Å². The van der Waals surface area contributed by atoms with Crippen molar-refractivity contribution in [3.8, 4) is 0 Å². The van der Waals surface area contributed by atoms with E-state index in [4.69, 9.17) is 0 Å². The van der Waals surface area contributed by atoms with Crippen LogP contribution in [0.2, 0.25) is 0 Å². The van der Waals surface area contributed by atoms with Crippen LogP contribution < -0.4 is 16.2 Å². The van der Waals surface area contributed by atoms with Gasteiger partial charge in [0.1, 0.15) is 6.04 Å². The van der Waals surface area contributed by atoms with Gasteiger partial charge in [-0.15, -0.1) is 0 Å². The van der Waals surface area contributed by atoms with Crippen LogP contribution in [-0.2, 0) is 11.2 Å². The fraction of sp³-hybridized carbons (Fsp3) is 0.421. The lowest BCUT2D eigenvalue weighted by Gasteiger charge is -2.42. The maximum Gasteiger partial charge on any atom is 0.251 e. The standard InChI is InChI=1S/C19H22N4O2/c24-17-5-1-4-16-14-9-15(12-21-11-14)18(23(16)17)19(25)22-8-6-13-3-2-7-20-10-13/h1-5,7,10,14-15,18,21H,6,8-9,11-12H2,(H,22,25)/t14-,15+,18-/m1/s1. The van der Waals surface area contributed by atoms with Gasteiger partial charge in [0.25, 0.3) is 5.56 Å². The summed E-state index contributed by atoms with van der Waals surface area (Å²) >= 11 is 0. The van der Waals surface area contributed by atoms with Crippen molar-refractivity contribution < 1.29 is 4.79 Å². The van der Waals surface area contributed by atoms with E-state index in [1.807, 2.05) is 24.4 Å². The fourth-order valence-electron chi connectivity index (χ4n) is 4.11. The summed E-state index contributed by atoms with van der Waals surface area (Å²) in [7, 11) is 0. The van der Waals surface area contributed by atoms with Crippen molar-refractivity contribution in [1.29, 1.82) is 0 Å². The topological polar surface area (TPSA) is 76.0 Å². The van der Waals surface area contributed by atoms with Crippen LogP contribution in [0.1, 0.15) is 29.6 Å². The maximum absolute atomic E-state index is 12.9. The van der Waals surface area contributed by atoms with E-state index in [0.29, 0.717) is 12.5 Å². The van der Waals surface area contributed by atoms with Crippen LogP contribution in [0.5, 0.6) is 0 Å². The molecule has 2 N–H and O–H groups in total. The van der Waals surface area contributed by atoms with Gasteiger partial charge < -0.3 is 10.6 Å². The molecule has 2 bridgehead atoms. The number of aromatic nitrogens is 2. The lowest BCUT2D eigenvalue weighted by Crippen LogP contribution is -2.52. The number of fused-ring (bicyclic) bond motifs is 4. The summed E-state index contributed by atoms with van der Waals surface area (Å²) in [5.74, 6) is 0.405. The Bertz CT molecular complexity index is 818. The number of amides is 1. The molecular formula is C19H22N4O2. The smallest absolute Gasteiger partial charge is 0.251 e. The molecule has 6 heteroatoms. The van der Waals surface area contributed by atoms with E-state index in [-0.39, 0.29) is 17.4 Å². The summed E-state index contributed by atoms with van der Waals surface area (Å²) in [6, 6.07) is 8.78. The van der Waals surface area contributed by atoms with Gasteiger partial charge in [-0.2, -0.15) is 0 Å². The summed E-state index contributed by atoms with van der Waals surface area (Å²) in [4.78, 5) is 29.4. The highest BCUT2D eigenvalue weighted by molar-refractivity contribution is 5.81. The van der Waals surface area contributed by atoms with Crippen molar-refractivity contribution in [1.82, 2.24) is 20.2 Å².